The number of ketones is 1. The number of methoxy groups -OCH3 is 1. The Hall–Kier alpha value is -4.23. The highest BCUT2D eigenvalue weighted by molar-refractivity contribution is 6.28. The van der Waals surface area contributed by atoms with Gasteiger partial charge in [0.2, 0.25) is 5.91 Å². The predicted octanol–water partition coefficient (Wildman–Crippen LogP) is 5.81. The van der Waals surface area contributed by atoms with Crippen LogP contribution in [-0.4, -0.2) is 55.8 Å². The molecule has 2 aliphatic heterocycles. The number of ether oxygens (including phenoxy) is 1. The van der Waals surface area contributed by atoms with E-state index in [0.717, 1.165) is 48.6 Å². The highest BCUT2D eigenvalue weighted by Crippen LogP contribution is 2.34. The Morgan fingerprint density at radius 1 is 0.829 bits per heavy atom. The van der Waals surface area contributed by atoms with Crippen molar-refractivity contribution in [3.63, 3.8) is 0 Å². The molecule has 3 aromatic rings. The van der Waals surface area contributed by atoms with Crippen molar-refractivity contribution >= 4 is 40.3 Å². The van der Waals surface area contributed by atoms with Gasteiger partial charge in [0.1, 0.15) is 0 Å². The minimum atomic E-state index is -0.427. The van der Waals surface area contributed by atoms with Crippen LogP contribution in [0.5, 0.6) is 0 Å². The van der Waals surface area contributed by atoms with Crippen LogP contribution in [0.1, 0.15) is 59.7 Å². The molecule has 1 saturated heterocycles. The van der Waals surface area contributed by atoms with E-state index in [2.05, 4.69) is 16.3 Å². The molecule has 0 aliphatic carbocycles. The zero-order chi connectivity index (χ0) is 28.8. The van der Waals surface area contributed by atoms with Crippen molar-refractivity contribution in [2.45, 2.75) is 39.0 Å². The minimum absolute atomic E-state index is 0.103. The van der Waals surface area contributed by atoms with Crippen molar-refractivity contribution in [2.24, 2.45) is 0 Å². The van der Waals surface area contributed by atoms with Gasteiger partial charge < -0.3 is 19.9 Å². The highest BCUT2D eigenvalue weighted by Gasteiger charge is 2.26. The van der Waals surface area contributed by atoms with Crippen LogP contribution in [0.3, 0.4) is 0 Å². The number of carbonyl (C=O) groups excluding carboxylic acids is 3. The first-order valence-corrected chi connectivity index (χ1v) is 14.4. The number of nitrogens with zero attached hydrogens (tertiary/aromatic N) is 2. The van der Waals surface area contributed by atoms with Gasteiger partial charge in [0, 0.05) is 36.5 Å². The number of esters is 1. The molecule has 5 rings (SSSR count). The Bertz CT molecular complexity index is 1440. The Kier molecular flexibility index (Phi) is 8.95. The predicted molar refractivity (Wildman–Crippen MR) is 163 cm³/mol. The lowest BCUT2D eigenvalue weighted by atomic mass is 9.95. The van der Waals surface area contributed by atoms with Crippen LogP contribution in [0.15, 0.2) is 72.8 Å². The quantitative estimate of drug-likeness (QED) is 0.206. The number of rotatable bonds is 9. The lowest BCUT2D eigenvalue weighted by Crippen LogP contribution is -2.35. The van der Waals surface area contributed by atoms with Crippen molar-refractivity contribution in [3.05, 3.63) is 95.1 Å². The molecule has 1 fully saturated rings. The van der Waals surface area contributed by atoms with Gasteiger partial charge >= 0.3 is 5.97 Å². The molecule has 2 aliphatic rings. The van der Waals surface area contributed by atoms with E-state index in [9.17, 15) is 14.4 Å². The second kappa shape index (κ2) is 13.0. The maximum absolute atomic E-state index is 13.1. The van der Waals surface area contributed by atoms with E-state index >= 15 is 0 Å². The Morgan fingerprint density at radius 2 is 1.54 bits per heavy atom. The number of likely N-dealkylation sites (tertiary alicyclic amines) is 1. The molecule has 0 spiro atoms. The summed E-state index contributed by atoms with van der Waals surface area (Å²) in [6.45, 7) is 5.24. The van der Waals surface area contributed by atoms with Crippen molar-refractivity contribution in [1.82, 2.24) is 4.90 Å². The van der Waals surface area contributed by atoms with Gasteiger partial charge in [-0.25, -0.2) is 4.79 Å². The molecular formula is C34H37N3O4. The molecule has 1 N–H and O–H groups in total. The summed E-state index contributed by atoms with van der Waals surface area (Å²) >= 11 is 0. The van der Waals surface area contributed by atoms with Gasteiger partial charge in [-0.3, -0.25) is 9.59 Å². The monoisotopic (exact) mass is 551 g/mol. The molecular weight excluding hydrogens is 514 g/mol. The molecule has 0 saturated carbocycles. The summed E-state index contributed by atoms with van der Waals surface area (Å²) in [5.41, 5.74) is 6.10. The van der Waals surface area contributed by atoms with E-state index in [1.807, 2.05) is 47.4 Å². The zero-order valence-corrected chi connectivity index (χ0v) is 23.8. The third-order valence-electron chi connectivity index (χ3n) is 7.90. The average Bonchev–Trinajstić information content (AvgIpc) is 3.44. The van der Waals surface area contributed by atoms with Crippen LogP contribution in [0, 0.1) is 0 Å². The Morgan fingerprint density at radius 3 is 2.22 bits per heavy atom. The third-order valence-corrected chi connectivity index (χ3v) is 7.90. The number of Topliss-reactive ketones (excluding diaryl/α,β-unsaturated/α-hetero) is 1. The van der Waals surface area contributed by atoms with E-state index < -0.39 is 5.97 Å². The number of benzene rings is 3. The van der Waals surface area contributed by atoms with E-state index in [1.54, 1.807) is 31.2 Å². The first-order chi connectivity index (χ1) is 19.9. The summed E-state index contributed by atoms with van der Waals surface area (Å²) in [7, 11) is 1.34. The fourth-order valence-corrected chi connectivity index (χ4v) is 5.75. The van der Waals surface area contributed by atoms with Crippen LogP contribution in [-0.2, 0) is 20.7 Å². The van der Waals surface area contributed by atoms with Crippen molar-refractivity contribution in [2.75, 3.05) is 43.5 Å². The number of fused-ring (bicyclic) bond motifs is 1. The molecule has 7 nitrogen and oxygen atoms in total. The summed E-state index contributed by atoms with van der Waals surface area (Å²) in [6, 6.07) is 22.7. The van der Waals surface area contributed by atoms with E-state index in [0.29, 0.717) is 35.4 Å². The summed E-state index contributed by atoms with van der Waals surface area (Å²) in [5, 5.41) is 3.52. The average molecular weight is 552 g/mol. The molecule has 0 aromatic heterocycles. The maximum Gasteiger partial charge on any atom is 0.337 e. The normalized spacial score (nSPS) is 15.6. The molecule has 212 valence electrons. The summed E-state index contributed by atoms with van der Waals surface area (Å²) in [6.07, 6.45) is 5.06. The molecule has 0 unspecified atom stereocenters. The van der Waals surface area contributed by atoms with Crippen LogP contribution in [0.4, 0.5) is 11.4 Å². The van der Waals surface area contributed by atoms with Crippen LogP contribution in [0.25, 0.3) is 11.3 Å². The second-order valence-corrected chi connectivity index (χ2v) is 10.7. The largest absolute Gasteiger partial charge is 0.465 e. The Balaban J connectivity index is 1.41. The number of hydrogen-bond acceptors (Lipinski definition) is 6. The van der Waals surface area contributed by atoms with E-state index in [-0.39, 0.29) is 11.7 Å². The SMILES string of the molecule is COC(=O)c1ccc(/C(C(C)=O)=C(/Nc2ccc3c(c2)CCN3C(=O)CCN2CCCCC2)c2ccccc2)cc1. The number of nitrogens with one attached hydrogen (secondary N) is 1. The standard InChI is InChI=1S/C34H37N3O4/c1-24(38)32(25-11-13-27(14-12-25)34(40)41-2)33(26-9-5-3-6-10-26)35-29-15-16-30-28(23-29)17-22-37(30)31(39)18-21-36-19-7-4-8-20-36/h3,5-6,9-16,23,35H,4,7-8,17-22H2,1-2H3/b33-32+. The van der Waals surface area contributed by atoms with Gasteiger partial charge in [-0.2, -0.15) is 0 Å². The molecule has 3 aromatic carbocycles. The smallest absolute Gasteiger partial charge is 0.337 e. The third kappa shape index (κ3) is 6.57. The van der Waals surface area contributed by atoms with Crippen LogP contribution >= 0.6 is 0 Å². The molecule has 0 radical (unpaired) electrons. The lowest BCUT2D eigenvalue weighted by Gasteiger charge is -2.27. The van der Waals surface area contributed by atoms with Gasteiger partial charge in [0.05, 0.1) is 18.4 Å². The van der Waals surface area contributed by atoms with Crippen LogP contribution in [0.2, 0.25) is 0 Å². The van der Waals surface area contributed by atoms with E-state index in [4.69, 9.17) is 4.74 Å². The molecule has 1 amide bonds. The molecule has 0 atom stereocenters. The second-order valence-electron chi connectivity index (χ2n) is 10.7. The highest BCUT2D eigenvalue weighted by atomic mass is 16.5. The number of anilines is 2. The lowest BCUT2D eigenvalue weighted by molar-refractivity contribution is -0.119. The number of amides is 1. The van der Waals surface area contributed by atoms with E-state index in [1.165, 1.54) is 26.4 Å². The molecule has 2 heterocycles. The molecule has 0 bridgehead atoms. The fraction of sp³-hybridized carbons (Fsp3) is 0.324. The van der Waals surface area contributed by atoms with Gasteiger partial charge in [-0.1, -0.05) is 48.9 Å². The zero-order valence-electron chi connectivity index (χ0n) is 23.8. The van der Waals surface area contributed by atoms with Crippen molar-refractivity contribution < 1.29 is 19.1 Å². The van der Waals surface area contributed by atoms with Gasteiger partial charge in [-0.15, -0.1) is 0 Å². The Labute approximate surface area is 241 Å². The van der Waals surface area contributed by atoms with Gasteiger partial charge in [0.25, 0.3) is 0 Å². The molecule has 7 heteroatoms. The summed E-state index contributed by atoms with van der Waals surface area (Å²) in [5.74, 6) is -0.355. The maximum atomic E-state index is 13.1. The number of allylic oxidation sites excluding steroid dienone is 1. The van der Waals surface area contributed by atoms with Crippen LogP contribution < -0.4 is 10.2 Å². The first kappa shape index (κ1) is 28.3. The number of carbonyl (C=O) groups is 3. The van der Waals surface area contributed by atoms with Gasteiger partial charge in [0.15, 0.2) is 5.78 Å². The minimum Gasteiger partial charge on any atom is -0.465 e. The van der Waals surface area contributed by atoms with Crippen molar-refractivity contribution in [3.8, 4) is 0 Å². The summed E-state index contributed by atoms with van der Waals surface area (Å²) in [4.78, 5) is 42.5. The first-order valence-electron chi connectivity index (χ1n) is 14.4. The molecule has 41 heavy (non-hydrogen) atoms. The number of piperidine rings is 1. The topological polar surface area (TPSA) is 79.0 Å². The van der Waals surface area contributed by atoms with Gasteiger partial charge in [-0.05, 0) is 86.3 Å². The summed E-state index contributed by atoms with van der Waals surface area (Å²) < 4.78 is 4.82. The number of hydrogen-bond donors (Lipinski definition) is 1. The van der Waals surface area contributed by atoms with Crippen molar-refractivity contribution in [1.29, 1.82) is 0 Å². The fourth-order valence-electron chi connectivity index (χ4n) is 5.75.